The van der Waals surface area contributed by atoms with Gasteiger partial charge in [0.15, 0.2) is 0 Å². The average Bonchev–Trinajstić information content (AvgIpc) is 2.56. The molecule has 2 aromatic carbocycles. The Kier molecular flexibility index (Phi) is 8.90. The molecule has 0 aromatic heterocycles. The van der Waals surface area contributed by atoms with Crippen LogP contribution in [-0.2, 0) is 11.2 Å². The van der Waals surface area contributed by atoms with Gasteiger partial charge in [-0.1, -0.05) is 49.4 Å². The zero-order chi connectivity index (χ0) is 16.7. The third-order valence-electron chi connectivity index (χ3n) is 3.69. The Balaban J connectivity index is 0.00000288. The molecule has 1 unspecified atom stereocenters. The van der Waals surface area contributed by atoms with Gasteiger partial charge >= 0.3 is 0 Å². The van der Waals surface area contributed by atoms with Crippen molar-refractivity contribution in [3.05, 3.63) is 65.7 Å². The van der Waals surface area contributed by atoms with Crippen LogP contribution in [0.15, 0.2) is 59.5 Å². The molecule has 0 radical (unpaired) electrons. The molecule has 0 heterocycles. The van der Waals surface area contributed by atoms with E-state index in [1.165, 1.54) is 4.90 Å². The van der Waals surface area contributed by atoms with Gasteiger partial charge in [0.25, 0.3) is 0 Å². The molecular formula is C19H25ClN2OS. The number of benzene rings is 2. The van der Waals surface area contributed by atoms with Crippen molar-refractivity contribution in [2.45, 2.75) is 37.2 Å². The summed E-state index contributed by atoms with van der Waals surface area (Å²) in [6.45, 7) is 4.12. The number of rotatable bonds is 7. The summed E-state index contributed by atoms with van der Waals surface area (Å²) in [5.41, 5.74) is 8.19. The Morgan fingerprint density at radius 2 is 1.75 bits per heavy atom. The number of thioether (sulfide) groups is 1. The minimum Gasteiger partial charge on any atom is -0.348 e. The first kappa shape index (κ1) is 20.6. The highest BCUT2D eigenvalue weighted by molar-refractivity contribution is 7.99. The van der Waals surface area contributed by atoms with Gasteiger partial charge in [-0.15, -0.1) is 24.2 Å². The standard InChI is InChI=1S/C19H24N2OS.ClH/c1-3-23-17-11-9-16(10-12-17)14(2)21-19(22)18(20)13-15-7-5-4-6-8-15;/h4-12,14,18H,3,13,20H2,1-2H3,(H,21,22);1H/t14?,18-;/m0./s1. The molecule has 0 aliphatic carbocycles. The third-order valence-corrected chi connectivity index (χ3v) is 4.58. The highest BCUT2D eigenvalue weighted by atomic mass is 35.5. The van der Waals surface area contributed by atoms with Crippen molar-refractivity contribution in [2.24, 2.45) is 5.73 Å². The van der Waals surface area contributed by atoms with E-state index in [4.69, 9.17) is 5.73 Å². The van der Waals surface area contributed by atoms with E-state index in [1.54, 1.807) is 0 Å². The van der Waals surface area contributed by atoms with Crippen LogP contribution in [0.5, 0.6) is 0 Å². The molecule has 1 amide bonds. The topological polar surface area (TPSA) is 55.1 Å². The normalized spacial score (nSPS) is 12.8. The number of nitrogens with two attached hydrogens (primary N) is 1. The van der Waals surface area contributed by atoms with Crippen molar-refractivity contribution in [1.82, 2.24) is 5.32 Å². The van der Waals surface area contributed by atoms with Crippen molar-refractivity contribution < 1.29 is 4.79 Å². The number of nitrogens with one attached hydrogen (secondary N) is 1. The minimum atomic E-state index is -0.533. The van der Waals surface area contributed by atoms with Crippen molar-refractivity contribution in [1.29, 1.82) is 0 Å². The van der Waals surface area contributed by atoms with Gasteiger partial charge in [-0.3, -0.25) is 4.79 Å². The summed E-state index contributed by atoms with van der Waals surface area (Å²) < 4.78 is 0. The van der Waals surface area contributed by atoms with Crippen molar-refractivity contribution in [3.8, 4) is 0 Å². The van der Waals surface area contributed by atoms with E-state index in [1.807, 2.05) is 49.0 Å². The van der Waals surface area contributed by atoms with E-state index < -0.39 is 6.04 Å². The molecule has 2 aromatic rings. The van der Waals surface area contributed by atoms with Gasteiger partial charge in [0, 0.05) is 4.90 Å². The summed E-state index contributed by atoms with van der Waals surface area (Å²) in [5.74, 6) is 0.938. The second-order valence-electron chi connectivity index (χ2n) is 5.53. The van der Waals surface area contributed by atoms with Gasteiger partial charge in [0.05, 0.1) is 12.1 Å². The summed E-state index contributed by atoms with van der Waals surface area (Å²) in [6.07, 6.45) is 0.547. The largest absolute Gasteiger partial charge is 0.348 e. The third kappa shape index (κ3) is 6.19. The first-order valence-corrected chi connectivity index (χ1v) is 8.91. The van der Waals surface area contributed by atoms with Gasteiger partial charge in [0.2, 0.25) is 5.91 Å². The molecule has 130 valence electrons. The minimum absolute atomic E-state index is 0. The van der Waals surface area contributed by atoms with Gasteiger partial charge in [-0.25, -0.2) is 0 Å². The highest BCUT2D eigenvalue weighted by Gasteiger charge is 2.17. The zero-order valence-corrected chi connectivity index (χ0v) is 15.7. The molecule has 2 rings (SSSR count). The molecule has 0 aliphatic rings. The van der Waals surface area contributed by atoms with Crippen LogP contribution in [0.3, 0.4) is 0 Å². The molecule has 24 heavy (non-hydrogen) atoms. The van der Waals surface area contributed by atoms with Crippen LogP contribution in [0, 0.1) is 0 Å². The summed E-state index contributed by atoms with van der Waals surface area (Å²) in [4.78, 5) is 13.5. The Hall–Kier alpha value is -1.49. The summed E-state index contributed by atoms with van der Waals surface area (Å²) in [7, 11) is 0. The lowest BCUT2D eigenvalue weighted by molar-refractivity contribution is -0.123. The van der Waals surface area contributed by atoms with Crippen LogP contribution in [0.1, 0.15) is 31.0 Å². The summed E-state index contributed by atoms with van der Waals surface area (Å²) >= 11 is 1.81. The first-order valence-electron chi connectivity index (χ1n) is 7.92. The Morgan fingerprint density at radius 1 is 1.12 bits per heavy atom. The van der Waals surface area contributed by atoms with Crippen molar-refractivity contribution in [3.63, 3.8) is 0 Å². The van der Waals surface area contributed by atoms with E-state index >= 15 is 0 Å². The molecular weight excluding hydrogens is 340 g/mol. The summed E-state index contributed by atoms with van der Waals surface area (Å²) in [6, 6.07) is 17.6. The molecule has 5 heteroatoms. The predicted molar refractivity (Wildman–Crippen MR) is 105 cm³/mol. The quantitative estimate of drug-likeness (QED) is 0.731. The van der Waals surface area contributed by atoms with Crippen LogP contribution < -0.4 is 11.1 Å². The van der Waals surface area contributed by atoms with Gasteiger partial charge in [0.1, 0.15) is 0 Å². The van der Waals surface area contributed by atoms with Crippen LogP contribution in [-0.4, -0.2) is 17.7 Å². The lowest BCUT2D eigenvalue weighted by Gasteiger charge is -2.18. The fourth-order valence-corrected chi connectivity index (χ4v) is 3.05. The molecule has 0 bridgehead atoms. The van der Waals surface area contributed by atoms with Crippen molar-refractivity contribution >= 4 is 30.1 Å². The molecule has 3 nitrogen and oxygen atoms in total. The first-order chi connectivity index (χ1) is 11.1. The van der Waals surface area contributed by atoms with Gasteiger partial charge in [-0.05, 0) is 42.4 Å². The second-order valence-corrected chi connectivity index (χ2v) is 6.87. The fraction of sp³-hybridized carbons (Fsp3) is 0.316. The second kappa shape index (κ2) is 10.4. The van der Waals surface area contributed by atoms with E-state index in [9.17, 15) is 4.79 Å². The lowest BCUT2D eigenvalue weighted by atomic mass is 10.0. The van der Waals surface area contributed by atoms with Gasteiger partial charge in [-0.2, -0.15) is 0 Å². The maximum absolute atomic E-state index is 12.3. The smallest absolute Gasteiger partial charge is 0.237 e. The molecule has 0 aliphatic heterocycles. The molecule has 2 atom stereocenters. The van der Waals surface area contributed by atoms with Crippen LogP contribution >= 0.6 is 24.2 Å². The molecule has 0 saturated carbocycles. The van der Waals surface area contributed by atoms with Crippen LogP contribution in [0.2, 0.25) is 0 Å². The predicted octanol–water partition coefficient (Wildman–Crippen LogP) is 3.97. The Morgan fingerprint density at radius 3 is 2.33 bits per heavy atom. The van der Waals surface area contributed by atoms with E-state index in [0.717, 1.165) is 16.9 Å². The SMILES string of the molecule is CCSc1ccc(C(C)NC(=O)[C@@H](N)Cc2ccccc2)cc1.Cl. The van der Waals surface area contributed by atoms with E-state index in [0.29, 0.717) is 6.42 Å². The van der Waals surface area contributed by atoms with E-state index in [-0.39, 0.29) is 24.4 Å². The van der Waals surface area contributed by atoms with Crippen molar-refractivity contribution in [2.75, 3.05) is 5.75 Å². The van der Waals surface area contributed by atoms with E-state index in [2.05, 4.69) is 36.5 Å². The maximum Gasteiger partial charge on any atom is 0.237 e. The Labute approximate surface area is 154 Å². The number of carbonyl (C=O) groups excluding carboxylic acids is 1. The Bertz CT molecular complexity index is 619. The number of carbonyl (C=O) groups is 1. The number of hydrogen-bond donors (Lipinski definition) is 2. The average molecular weight is 365 g/mol. The number of halogens is 1. The monoisotopic (exact) mass is 364 g/mol. The number of amides is 1. The zero-order valence-electron chi connectivity index (χ0n) is 14.1. The molecule has 0 saturated heterocycles. The van der Waals surface area contributed by atoms with Gasteiger partial charge < -0.3 is 11.1 Å². The summed E-state index contributed by atoms with van der Waals surface area (Å²) in [5, 5.41) is 3.00. The molecule has 0 spiro atoms. The molecule has 3 N–H and O–H groups in total. The lowest BCUT2D eigenvalue weighted by Crippen LogP contribution is -2.42. The van der Waals surface area contributed by atoms with Crippen LogP contribution in [0.25, 0.3) is 0 Å². The molecule has 0 fully saturated rings. The highest BCUT2D eigenvalue weighted by Crippen LogP contribution is 2.20. The maximum atomic E-state index is 12.3. The van der Waals surface area contributed by atoms with Crippen LogP contribution in [0.4, 0.5) is 0 Å². The number of hydrogen-bond acceptors (Lipinski definition) is 3. The fourth-order valence-electron chi connectivity index (χ4n) is 2.38.